The Balaban J connectivity index is 1.90. The summed E-state index contributed by atoms with van der Waals surface area (Å²) < 4.78 is 0. The van der Waals surface area contributed by atoms with Crippen LogP contribution < -0.4 is 21.4 Å². The average Bonchev–Trinajstić information content (AvgIpc) is 2.96. The summed E-state index contributed by atoms with van der Waals surface area (Å²) in [5.74, 6) is -0.956. The Morgan fingerprint density at radius 2 is 1.88 bits per heavy atom. The quantitative estimate of drug-likeness (QED) is 0.212. The average molecular weight is 556 g/mol. The maximum absolute atomic E-state index is 13.2. The number of benzene rings is 1. The molecule has 6 unspecified atom stereocenters. The fourth-order valence-electron chi connectivity index (χ4n) is 4.59. The molecule has 9 nitrogen and oxygen atoms in total. The van der Waals surface area contributed by atoms with Crippen LogP contribution in [0.25, 0.3) is 6.08 Å². The molecule has 1 heterocycles. The zero-order chi connectivity index (χ0) is 29.8. The number of hydrogen-bond donors (Lipinski definition) is 5. The number of carbonyl (C=O) groups is 3. The lowest BCUT2D eigenvalue weighted by Crippen LogP contribution is -2.61. The minimum Gasteiger partial charge on any atom is -0.392 e. The van der Waals surface area contributed by atoms with E-state index >= 15 is 0 Å². The lowest BCUT2D eigenvalue weighted by atomic mass is 9.97. The number of hydrazine groups is 1. The lowest BCUT2D eigenvalue weighted by Gasteiger charge is -2.35. The van der Waals surface area contributed by atoms with E-state index in [9.17, 15) is 19.5 Å². The molecule has 9 heteroatoms. The molecule has 0 aromatic heterocycles. The summed E-state index contributed by atoms with van der Waals surface area (Å²) in [6.45, 7) is 17.8. The van der Waals surface area contributed by atoms with Crippen LogP contribution >= 0.6 is 0 Å². The Labute approximate surface area is 239 Å². The van der Waals surface area contributed by atoms with Crippen molar-refractivity contribution in [2.45, 2.75) is 90.6 Å². The van der Waals surface area contributed by atoms with Gasteiger partial charge in [-0.15, -0.1) is 6.58 Å². The monoisotopic (exact) mass is 555 g/mol. The van der Waals surface area contributed by atoms with Crippen molar-refractivity contribution in [3.05, 3.63) is 54.6 Å². The molecule has 2 rings (SSSR count). The van der Waals surface area contributed by atoms with Crippen molar-refractivity contribution < 1.29 is 19.5 Å². The van der Waals surface area contributed by atoms with Crippen LogP contribution in [-0.2, 0) is 14.4 Å². The Hall–Kier alpha value is -3.01. The predicted molar refractivity (Wildman–Crippen MR) is 160 cm³/mol. The molecule has 1 saturated heterocycles. The maximum Gasteiger partial charge on any atom is 0.253 e. The van der Waals surface area contributed by atoms with Gasteiger partial charge in [0.25, 0.3) is 5.91 Å². The predicted octanol–water partition coefficient (Wildman–Crippen LogP) is 3.08. The molecule has 0 aliphatic carbocycles. The van der Waals surface area contributed by atoms with E-state index in [-0.39, 0.29) is 35.7 Å². The second-order valence-electron chi connectivity index (χ2n) is 11.1. The van der Waals surface area contributed by atoms with Crippen molar-refractivity contribution in [3.8, 4) is 0 Å². The third kappa shape index (κ3) is 9.87. The van der Waals surface area contributed by atoms with Crippen molar-refractivity contribution in [2.75, 3.05) is 13.1 Å². The fourth-order valence-corrected chi connectivity index (χ4v) is 4.59. The number of aliphatic hydroxyl groups is 1. The van der Waals surface area contributed by atoms with Crippen LogP contribution in [0.4, 0.5) is 0 Å². The molecule has 0 saturated carbocycles. The summed E-state index contributed by atoms with van der Waals surface area (Å²) in [4.78, 5) is 39.0. The molecular weight excluding hydrogens is 506 g/mol. The van der Waals surface area contributed by atoms with E-state index in [1.54, 1.807) is 26.0 Å². The van der Waals surface area contributed by atoms with Crippen molar-refractivity contribution in [1.82, 2.24) is 26.4 Å². The highest BCUT2D eigenvalue weighted by atomic mass is 16.3. The number of nitrogens with zero attached hydrogens (tertiary/aromatic N) is 1. The van der Waals surface area contributed by atoms with E-state index in [0.29, 0.717) is 38.8 Å². The number of amides is 3. The normalized spacial score (nSPS) is 19.2. The Bertz CT molecular complexity index is 1010. The molecule has 222 valence electrons. The topological polar surface area (TPSA) is 123 Å². The molecule has 0 radical (unpaired) electrons. The van der Waals surface area contributed by atoms with E-state index in [4.69, 9.17) is 0 Å². The number of allylic oxidation sites excluding steroid dienone is 1. The maximum atomic E-state index is 13.2. The zero-order valence-electron chi connectivity index (χ0n) is 24.8. The van der Waals surface area contributed by atoms with E-state index in [1.165, 1.54) is 5.01 Å². The summed E-state index contributed by atoms with van der Waals surface area (Å²) >= 11 is 0. The summed E-state index contributed by atoms with van der Waals surface area (Å²) in [6.07, 6.45) is 5.22. The number of hydrogen-bond acceptors (Lipinski definition) is 6. The smallest absolute Gasteiger partial charge is 0.253 e. The SMILES string of the molecule is C=CCCC(O)C(C)C(=O)NC(CNC(C)C(=O)N1CCCC(C(=O)NC(C)c2cccc(C=C)c2)N1)C(C)C. The summed E-state index contributed by atoms with van der Waals surface area (Å²) in [6, 6.07) is 6.42. The first-order valence-electron chi connectivity index (χ1n) is 14.4. The van der Waals surface area contributed by atoms with E-state index in [2.05, 4.69) is 34.5 Å². The number of carbonyl (C=O) groups excluding carboxylic acids is 3. The van der Waals surface area contributed by atoms with Crippen LogP contribution in [0.5, 0.6) is 0 Å². The van der Waals surface area contributed by atoms with Gasteiger partial charge in [0.2, 0.25) is 11.8 Å². The highest BCUT2D eigenvalue weighted by Crippen LogP contribution is 2.17. The van der Waals surface area contributed by atoms with Gasteiger partial charge in [-0.3, -0.25) is 19.4 Å². The van der Waals surface area contributed by atoms with Gasteiger partial charge in [-0.2, -0.15) is 0 Å². The highest BCUT2D eigenvalue weighted by Gasteiger charge is 2.31. The molecule has 0 bridgehead atoms. The van der Waals surface area contributed by atoms with Crippen molar-refractivity contribution in [1.29, 1.82) is 0 Å². The van der Waals surface area contributed by atoms with Crippen LogP contribution in [0, 0.1) is 11.8 Å². The molecule has 3 amide bonds. The van der Waals surface area contributed by atoms with Gasteiger partial charge in [-0.05, 0) is 62.6 Å². The summed E-state index contributed by atoms with van der Waals surface area (Å²) in [5.41, 5.74) is 5.09. The number of rotatable bonds is 15. The van der Waals surface area contributed by atoms with Gasteiger partial charge in [-0.1, -0.05) is 57.7 Å². The fraction of sp³-hybridized carbons (Fsp3) is 0.581. The number of aliphatic hydroxyl groups excluding tert-OH is 1. The standard InChI is InChI=1S/C31H49N5O4/c1-8-10-16-28(37)21(5)29(38)34-27(20(3)4)19-32-23(7)31(40)36-17-12-15-26(35-36)30(39)33-22(6)25-14-11-13-24(9-2)18-25/h8-9,11,13-14,18,20-23,26-28,32,35,37H,1-2,10,12,15-17,19H2,3-7H3,(H,33,39)(H,34,38). The Morgan fingerprint density at radius 1 is 1.15 bits per heavy atom. The first kappa shape index (κ1) is 33.2. The number of nitrogens with one attached hydrogen (secondary N) is 4. The molecule has 0 spiro atoms. The molecule has 1 aromatic rings. The van der Waals surface area contributed by atoms with E-state index < -0.39 is 24.1 Å². The minimum absolute atomic E-state index is 0.117. The van der Waals surface area contributed by atoms with Gasteiger partial charge in [-0.25, -0.2) is 5.43 Å². The van der Waals surface area contributed by atoms with Gasteiger partial charge in [0.05, 0.1) is 24.1 Å². The Morgan fingerprint density at radius 3 is 2.52 bits per heavy atom. The Kier molecular flexibility index (Phi) is 13.5. The second kappa shape index (κ2) is 16.3. The molecule has 1 fully saturated rings. The molecular formula is C31H49N5O4. The van der Waals surface area contributed by atoms with Gasteiger partial charge in [0, 0.05) is 19.1 Å². The highest BCUT2D eigenvalue weighted by molar-refractivity contribution is 5.85. The summed E-state index contributed by atoms with van der Waals surface area (Å²) in [7, 11) is 0. The van der Waals surface area contributed by atoms with Crippen molar-refractivity contribution >= 4 is 23.8 Å². The largest absolute Gasteiger partial charge is 0.392 e. The van der Waals surface area contributed by atoms with Crippen LogP contribution in [-0.4, -0.2) is 65.2 Å². The molecule has 1 aliphatic heterocycles. The molecule has 1 aromatic carbocycles. The second-order valence-corrected chi connectivity index (χ2v) is 11.1. The van der Waals surface area contributed by atoms with Crippen molar-refractivity contribution in [3.63, 3.8) is 0 Å². The van der Waals surface area contributed by atoms with E-state index in [0.717, 1.165) is 11.1 Å². The van der Waals surface area contributed by atoms with Crippen molar-refractivity contribution in [2.24, 2.45) is 11.8 Å². The third-order valence-electron chi connectivity index (χ3n) is 7.58. The van der Waals surface area contributed by atoms with Gasteiger partial charge in [0.1, 0.15) is 6.04 Å². The molecule has 6 atom stereocenters. The van der Waals surface area contributed by atoms with Gasteiger partial charge >= 0.3 is 0 Å². The van der Waals surface area contributed by atoms with Gasteiger partial charge in [0.15, 0.2) is 0 Å². The molecule has 5 N–H and O–H groups in total. The third-order valence-corrected chi connectivity index (χ3v) is 7.58. The van der Waals surface area contributed by atoms with Crippen LogP contribution in [0.2, 0.25) is 0 Å². The van der Waals surface area contributed by atoms with E-state index in [1.807, 2.05) is 45.0 Å². The zero-order valence-corrected chi connectivity index (χ0v) is 24.8. The van der Waals surface area contributed by atoms with Gasteiger partial charge < -0.3 is 21.1 Å². The first-order valence-corrected chi connectivity index (χ1v) is 14.4. The lowest BCUT2D eigenvalue weighted by molar-refractivity contribution is -0.141. The van der Waals surface area contributed by atoms with Crippen LogP contribution in [0.1, 0.15) is 77.5 Å². The van der Waals surface area contributed by atoms with Crippen LogP contribution in [0.3, 0.4) is 0 Å². The van der Waals surface area contributed by atoms with Crippen LogP contribution in [0.15, 0.2) is 43.5 Å². The summed E-state index contributed by atoms with van der Waals surface area (Å²) in [5, 5.41) is 21.1. The minimum atomic E-state index is -0.741. The molecule has 1 aliphatic rings. The molecule has 40 heavy (non-hydrogen) atoms. The first-order chi connectivity index (χ1) is 19.0.